The molecule has 2 aromatic heterocycles. The third-order valence-corrected chi connectivity index (χ3v) is 3.10. The van der Waals surface area contributed by atoms with Gasteiger partial charge in [-0.05, 0) is 18.2 Å². The molecule has 96 valence electrons. The smallest absolute Gasteiger partial charge is 0.358 e. The number of hydrogen-bond donors (Lipinski definition) is 1. The van der Waals surface area contributed by atoms with E-state index in [9.17, 15) is 4.79 Å². The number of fused-ring (bicyclic) bond motifs is 1. The number of carboxylic acid groups (broad SMARTS) is 1. The van der Waals surface area contributed by atoms with Gasteiger partial charge in [-0.1, -0.05) is 16.8 Å². The van der Waals surface area contributed by atoms with Crippen LogP contribution in [0.1, 0.15) is 10.5 Å². The topological polar surface area (TPSA) is 81.2 Å². The Morgan fingerprint density at radius 1 is 1.42 bits per heavy atom. The number of rotatable bonds is 2. The van der Waals surface area contributed by atoms with Gasteiger partial charge in [0.15, 0.2) is 16.6 Å². The molecule has 1 aromatic carbocycles. The van der Waals surface area contributed by atoms with Crippen LogP contribution in [-0.4, -0.2) is 26.0 Å². The van der Waals surface area contributed by atoms with Crippen LogP contribution in [0.4, 0.5) is 0 Å². The van der Waals surface area contributed by atoms with Gasteiger partial charge in [-0.2, -0.15) is 5.10 Å². The van der Waals surface area contributed by atoms with Crippen LogP contribution in [0.25, 0.3) is 22.2 Å². The number of nitrogens with zero attached hydrogens (tertiary/aromatic N) is 3. The first kappa shape index (κ1) is 11.7. The number of benzene rings is 1. The van der Waals surface area contributed by atoms with Gasteiger partial charge in [-0.25, -0.2) is 4.79 Å². The Hall–Kier alpha value is -2.34. The highest BCUT2D eigenvalue weighted by Gasteiger charge is 2.14. The van der Waals surface area contributed by atoms with E-state index >= 15 is 0 Å². The summed E-state index contributed by atoms with van der Waals surface area (Å²) in [6.45, 7) is 0. The lowest BCUT2D eigenvalue weighted by atomic mass is 10.1. The largest absolute Gasteiger partial charge is 0.476 e. The van der Waals surface area contributed by atoms with Crippen molar-refractivity contribution < 1.29 is 14.4 Å². The van der Waals surface area contributed by atoms with Gasteiger partial charge in [0.1, 0.15) is 0 Å². The van der Waals surface area contributed by atoms with Crippen LogP contribution in [0.3, 0.4) is 0 Å². The zero-order chi connectivity index (χ0) is 13.6. The molecular formula is C12H8ClN3O3. The summed E-state index contributed by atoms with van der Waals surface area (Å²) in [7, 11) is 1.80. The van der Waals surface area contributed by atoms with Crippen LogP contribution in [0, 0.1) is 0 Å². The van der Waals surface area contributed by atoms with Crippen LogP contribution in [0.5, 0.6) is 0 Å². The maximum Gasteiger partial charge on any atom is 0.358 e. The molecule has 0 radical (unpaired) electrons. The zero-order valence-electron chi connectivity index (χ0n) is 9.79. The molecule has 0 aliphatic rings. The molecule has 2 heterocycles. The number of carboxylic acids is 1. The SMILES string of the molecule is Cn1nc(Cl)c2cc(-c3cc(C(=O)O)no3)ccc21. The monoisotopic (exact) mass is 277 g/mol. The average Bonchev–Trinajstić information content (AvgIpc) is 2.96. The van der Waals surface area contributed by atoms with E-state index in [0.29, 0.717) is 16.5 Å². The van der Waals surface area contributed by atoms with Crippen LogP contribution in [-0.2, 0) is 7.05 Å². The minimum absolute atomic E-state index is 0.132. The van der Waals surface area contributed by atoms with Gasteiger partial charge in [-0.15, -0.1) is 0 Å². The molecule has 0 fully saturated rings. The molecule has 0 saturated carbocycles. The second kappa shape index (κ2) is 4.10. The summed E-state index contributed by atoms with van der Waals surface area (Å²) in [5.74, 6) is -0.755. The number of hydrogen-bond acceptors (Lipinski definition) is 4. The molecule has 7 heteroatoms. The number of aromatic carboxylic acids is 1. The highest BCUT2D eigenvalue weighted by atomic mass is 35.5. The van der Waals surface area contributed by atoms with Crippen molar-refractivity contribution in [2.24, 2.45) is 7.05 Å². The summed E-state index contributed by atoms with van der Waals surface area (Å²) in [4.78, 5) is 10.8. The Kier molecular flexibility index (Phi) is 2.53. The van der Waals surface area contributed by atoms with Crippen molar-refractivity contribution in [3.63, 3.8) is 0 Å². The third-order valence-electron chi connectivity index (χ3n) is 2.82. The Balaban J connectivity index is 2.14. The van der Waals surface area contributed by atoms with E-state index in [-0.39, 0.29) is 5.69 Å². The molecule has 1 N–H and O–H groups in total. The van der Waals surface area contributed by atoms with E-state index in [2.05, 4.69) is 10.3 Å². The van der Waals surface area contributed by atoms with E-state index in [1.807, 2.05) is 6.07 Å². The molecule has 3 rings (SSSR count). The standard InChI is InChI=1S/C12H8ClN3O3/c1-16-9-3-2-6(4-7(9)11(13)14-16)10-5-8(12(17)18)15-19-10/h2-5H,1H3,(H,17,18). The quantitative estimate of drug-likeness (QED) is 0.778. The van der Waals surface area contributed by atoms with Gasteiger partial charge in [-0.3, -0.25) is 4.68 Å². The van der Waals surface area contributed by atoms with Crippen molar-refractivity contribution in [2.45, 2.75) is 0 Å². The number of halogens is 1. The molecule has 0 amide bonds. The molecule has 0 unspecified atom stereocenters. The minimum atomic E-state index is -1.13. The van der Waals surface area contributed by atoms with Crippen molar-refractivity contribution in [1.82, 2.24) is 14.9 Å². The Labute approximate surface area is 112 Å². The van der Waals surface area contributed by atoms with Crippen molar-refractivity contribution in [1.29, 1.82) is 0 Å². The van der Waals surface area contributed by atoms with Crippen LogP contribution >= 0.6 is 11.6 Å². The lowest BCUT2D eigenvalue weighted by Gasteiger charge is -1.97. The van der Waals surface area contributed by atoms with Gasteiger partial charge in [0, 0.05) is 24.1 Å². The first-order valence-electron chi connectivity index (χ1n) is 5.39. The molecule has 0 atom stereocenters. The highest BCUT2D eigenvalue weighted by Crippen LogP contribution is 2.28. The van der Waals surface area contributed by atoms with Gasteiger partial charge < -0.3 is 9.63 Å². The second-order valence-corrected chi connectivity index (χ2v) is 4.39. The lowest BCUT2D eigenvalue weighted by molar-refractivity contribution is 0.0686. The molecule has 6 nitrogen and oxygen atoms in total. The Morgan fingerprint density at radius 3 is 2.89 bits per heavy atom. The number of carbonyl (C=O) groups is 1. The van der Waals surface area contributed by atoms with E-state index < -0.39 is 5.97 Å². The zero-order valence-corrected chi connectivity index (χ0v) is 10.5. The van der Waals surface area contributed by atoms with E-state index in [1.165, 1.54) is 6.07 Å². The summed E-state index contributed by atoms with van der Waals surface area (Å²) in [6, 6.07) is 6.80. The van der Waals surface area contributed by atoms with Gasteiger partial charge in [0.25, 0.3) is 0 Å². The van der Waals surface area contributed by atoms with Crippen molar-refractivity contribution in [2.75, 3.05) is 0 Å². The van der Waals surface area contributed by atoms with Crippen molar-refractivity contribution in [3.8, 4) is 11.3 Å². The molecule has 19 heavy (non-hydrogen) atoms. The molecule has 0 spiro atoms. The van der Waals surface area contributed by atoms with Crippen molar-refractivity contribution in [3.05, 3.63) is 35.1 Å². The predicted octanol–water partition coefficient (Wildman–Crippen LogP) is 2.58. The molecule has 0 aliphatic heterocycles. The molecule has 0 bridgehead atoms. The fraction of sp³-hybridized carbons (Fsp3) is 0.0833. The maximum absolute atomic E-state index is 10.8. The fourth-order valence-electron chi connectivity index (χ4n) is 1.89. The van der Waals surface area contributed by atoms with Crippen LogP contribution in [0.2, 0.25) is 5.15 Å². The van der Waals surface area contributed by atoms with Gasteiger partial charge >= 0.3 is 5.97 Å². The molecule has 0 aliphatic carbocycles. The molecular weight excluding hydrogens is 270 g/mol. The van der Waals surface area contributed by atoms with Gasteiger partial charge in [0.2, 0.25) is 0 Å². The number of aryl methyl sites for hydroxylation is 1. The third kappa shape index (κ3) is 1.86. The van der Waals surface area contributed by atoms with Gasteiger partial charge in [0.05, 0.1) is 5.52 Å². The normalized spacial score (nSPS) is 11.1. The second-order valence-electron chi connectivity index (χ2n) is 4.03. The lowest BCUT2D eigenvalue weighted by Crippen LogP contribution is -1.94. The average molecular weight is 278 g/mol. The Bertz CT molecular complexity index is 791. The fourth-order valence-corrected chi connectivity index (χ4v) is 2.15. The van der Waals surface area contributed by atoms with Crippen molar-refractivity contribution >= 4 is 28.5 Å². The summed E-state index contributed by atoms with van der Waals surface area (Å²) in [5, 5.41) is 17.5. The molecule has 3 aromatic rings. The summed E-state index contributed by atoms with van der Waals surface area (Å²) in [6.07, 6.45) is 0. The predicted molar refractivity (Wildman–Crippen MR) is 68.2 cm³/mol. The summed E-state index contributed by atoms with van der Waals surface area (Å²) < 4.78 is 6.68. The Morgan fingerprint density at radius 2 is 2.21 bits per heavy atom. The van der Waals surface area contributed by atoms with E-state index in [4.69, 9.17) is 21.2 Å². The minimum Gasteiger partial charge on any atom is -0.476 e. The van der Waals surface area contributed by atoms with E-state index in [1.54, 1.807) is 23.9 Å². The van der Waals surface area contributed by atoms with Crippen LogP contribution in [0.15, 0.2) is 28.8 Å². The summed E-state index contributed by atoms with van der Waals surface area (Å²) in [5.41, 5.74) is 1.45. The van der Waals surface area contributed by atoms with E-state index in [0.717, 1.165) is 10.9 Å². The first-order valence-corrected chi connectivity index (χ1v) is 5.76. The highest BCUT2D eigenvalue weighted by molar-refractivity contribution is 6.34. The summed E-state index contributed by atoms with van der Waals surface area (Å²) >= 11 is 6.02. The molecule has 0 saturated heterocycles. The maximum atomic E-state index is 10.8. The number of aromatic nitrogens is 3. The van der Waals surface area contributed by atoms with Crippen LogP contribution < -0.4 is 0 Å². The first-order chi connectivity index (χ1) is 9.06.